The lowest BCUT2D eigenvalue weighted by Crippen LogP contribution is -2.45. The molecule has 0 saturated carbocycles. The van der Waals surface area contributed by atoms with Crippen LogP contribution in [0, 0.1) is 0 Å². The largest absolute Gasteiger partial charge is 0.487 e. The van der Waals surface area contributed by atoms with Crippen LogP contribution in [0.15, 0.2) is 54.9 Å². The average Bonchev–Trinajstić information content (AvgIpc) is 3.00. The van der Waals surface area contributed by atoms with Crippen molar-refractivity contribution in [1.29, 1.82) is 0 Å². The Hall–Kier alpha value is -2.28. The van der Waals surface area contributed by atoms with Crippen LogP contribution in [0.1, 0.15) is 29.9 Å². The molecule has 3 N–H and O–H groups in total. The maximum absolute atomic E-state index is 12.2. The number of carbonyl (C=O) groups excluding carboxylic acids is 1. The van der Waals surface area contributed by atoms with Gasteiger partial charge in [0.1, 0.15) is 18.0 Å². The van der Waals surface area contributed by atoms with Gasteiger partial charge < -0.3 is 20.2 Å². The Bertz CT molecular complexity index is 858. The van der Waals surface area contributed by atoms with E-state index in [0.29, 0.717) is 24.5 Å². The Morgan fingerprint density at radius 1 is 1.22 bits per heavy atom. The quantitative estimate of drug-likeness (QED) is 0.653. The Kier molecular flexibility index (Phi) is 8.09. The maximum Gasteiger partial charge on any atom is 0.251 e. The molecule has 0 saturated heterocycles. The number of aromatic nitrogens is 2. The summed E-state index contributed by atoms with van der Waals surface area (Å²) in [5.74, 6) is 0.452. The number of benzene rings is 1. The Morgan fingerprint density at radius 3 is 2.70 bits per heavy atom. The number of rotatable bonds is 6. The molecular weight excluding hydrogens is 387 g/mol. The molecule has 27 heavy (non-hydrogen) atoms. The van der Waals surface area contributed by atoms with Crippen molar-refractivity contribution in [2.45, 2.75) is 26.0 Å². The standard InChI is InChI=1S/C19H22N4O2.2ClH/c1-19(2,20)13-21-18(24)14-6-5-7-16(10-14)25-12-15-11-23-9-4-3-8-17(23)22-15;;/h3-11H,12-13,20H2,1-2H3,(H,21,24);2*1H. The summed E-state index contributed by atoms with van der Waals surface area (Å²) in [6.45, 7) is 4.46. The Balaban J connectivity index is 0.00000182. The van der Waals surface area contributed by atoms with Crippen LogP contribution in [-0.2, 0) is 6.61 Å². The van der Waals surface area contributed by atoms with Gasteiger partial charge in [0.05, 0.1) is 5.69 Å². The van der Waals surface area contributed by atoms with E-state index in [4.69, 9.17) is 10.5 Å². The van der Waals surface area contributed by atoms with Gasteiger partial charge in [-0.25, -0.2) is 4.98 Å². The summed E-state index contributed by atoms with van der Waals surface area (Å²) in [7, 11) is 0. The molecule has 0 radical (unpaired) electrons. The van der Waals surface area contributed by atoms with Crippen molar-refractivity contribution in [2.24, 2.45) is 5.73 Å². The molecule has 146 valence electrons. The number of nitrogens with two attached hydrogens (primary N) is 1. The van der Waals surface area contributed by atoms with Crippen molar-refractivity contribution in [2.75, 3.05) is 6.54 Å². The fourth-order valence-corrected chi connectivity index (χ4v) is 2.35. The zero-order valence-corrected chi connectivity index (χ0v) is 16.8. The molecule has 6 nitrogen and oxygen atoms in total. The van der Waals surface area contributed by atoms with E-state index in [9.17, 15) is 4.79 Å². The second-order valence-electron chi connectivity index (χ2n) is 6.69. The fourth-order valence-electron chi connectivity index (χ4n) is 2.35. The molecule has 0 bridgehead atoms. The predicted molar refractivity (Wildman–Crippen MR) is 111 cm³/mol. The first-order chi connectivity index (χ1) is 11.9. The lowest BCUT2D eigenvalue weighted by atomic mass is 10.1. The number of nitrogens with one attached hydrogen (secondary N) is 1. The third-order valence-electron chi connectivity index (χ3n) is 3.60. The van der Waals surface area contributed by atoms with Gasteiger partial charge in [0.15, 0.2) is 0 Å². The van der Waals surface area contributed by atoms with Crippen molar-refractivity contribution in [3.8, 4) is 5.75 Å². The minimum Gasteiger partial charge on any atom is -0.487 e. The normalized spacial score (nSPS) is 10.6. The monoisotopic (exact) mass is 410 g/mol. The summed E-state index contributed by atoms with van der Waals surface area (Å²) in [5, 5.41) is 2.82. The number of pyridine rings is 1. The van der Waals surface area contributed by atoms with Gasteiger partial charge in [0.2, 0.25) is 0 Å². The third kappa shape index (κ3) is 6.43. The van der Waals surface area contributed by atoms with E-state index >= 15 is 0 Å². The maximum atomic E-state index is 12.2. The zero-order valence-electron chi connectivity index (χ0n) is 15.2. The predicted octanol–water partition coefficient (Wildman–Crippen LogP) is 3.22. The molecule has 8 heteroatoms. The summed E-state index contributed by atoms with van der Waals surface area (Å²) < 4.78 is 7.72. The number of imidazole rings is 1. The minimum absolute atomic E-state index is 0. The second kappa shape index (κ2) is 9.60. The molecule has 0 unspecified atom stereocenters. The van der Waals surface area contributed by atoms with Gasteiger partial charge in [-0.05, 0) is 44.2 Å². The van der Waals surface area contributed by atoms with Crippen LogP contribution in [0.4, 0.5) is 0 Å². The molecule has 0 spiro atoms. The highest BCUT2D eigenvalue weighted by Crippen LogP contribution is 2.15. The van der Waals surface area contributed by atoms with Gasteiger partial charge in [-0.3, -0.25) is 4.79 Å². The van der Waals surface area contributed by atoms with Gasteiger partial charge in [-0.2, -0.15) is 0 Å². The van der Waals surface area contributed by atoms with Crippen molar-refractivity contribution < 1.29 is 9.53 Å². The number of hydrogen-bond acceptors (Lipinski definition) is 4. The van der Waals surface area contributed by atoms with E-state index in [1.165, 1.54) is 0 Å². The molecule has 0 aliphatic carbocycles. The second-order valence-corrected chi connectivity index (χ2v) is 6.69. The first-order valence-electron chi connectivity index (χ1n) is 8.13. The van der Waals surface area contributed by atoms with Crippen LogP contribution in [-0.4, -0.2) is 27.4 Å². The smallest absolute Gasteiger partial charge is 0.251 e. The summed E-state index contributed by atoms with van der Waals surface area (Å²) in [6, 6.07) is 12.9. The number of ether oxygens (including phenoxy) is 1. The van der Waals surface area contributed by atoms with Gasteiger partial charge in [0.25, 0.3) is 5.91 Å². The molecule has 0 atom stereocenters. The fraction of sp³-hybridized carbons (Fsp3) is 0.263. The molecule has 1 aromatic carbocycles. The van der Waals surface area contributed by atoms with Crippen molar-refractivity contribution in [3.05, 3.63) is 66.1 Å². The van der Waals surface area contributed by atoms with Gasteiger partial charge in [-0.1, -0.05) is 12.1 Å². The molecule has 2 heterocycles. The average molecular weight is 411 g/mol. The van der Waals surface area contributed by atoms with Crippen LogP contribution < -0.4 is 15.8 Å². The highest BCUT2D eigenvalue weighted by Gasteiger charge is 2.13. The summed E-state index contributed by atoms with van der Waals surface area (Å²) >= 11 is 0. The van der Waals surface area contributed by atoms with Crippen molar-refractivity contribution in [3.63, 3.8) is 0 Å². The molecular formula is C19H24Cl2N4O2. The molecule has 0 aliphatic rings. The molecule has 0 fully saturated rings. The molecule has 0 aliphatic heterocycles. The van der Waals surface area contributed by atoms with Gasteiger partial charge in [0, 0.05) is 30.0 Å². The lowest BCUT2D eigenvalue weighted by molar-refractivity contribution is 0.0945. The minimum atomic E-state index is -0.451. The van der Waals surface area contributed by atoms with E-state index in [1.807, 2.05) is 54.9 Å². The van der Waals surface area contributed by atoms with Crippen LogP contribution in [0.3, 0.4) is 0 Å². The summed E-state index contributed by atoms with van der Waals surface area (Å²) in [4.78, 5) is 16.7. The summed E-state index contributed by atoms with van der Waals surface area (Å²) in [5.41, 5.74) is 7.67. The molecule has 2 aromatic heterocycles. The number of carbonyl (C=O) groups is 1. The van der Waals surface area contributed by atoms with Crippen molar-refractivity contribution in [1.82, 2.24) is 14.7 Å². The first kappa shape index (κ1) is 22.8. The number of nitrogens with zero attached hydrogens (tertiary/aromatic N) is 2. The van der Waals surface area contributed by atoms with Crippen LogP contribution in [0.2, 0.25) is 0 Å². The van der Waals surface area contributed by atoms with E-state index < -0.39 is 5.54 Å². The third-order valence-corrected chi connectivity index (χ3v) is 3.60. The Morgan fingerprint density at radius 2 is 2.00 bits per heavy atom. The first-order valence-corrected chi connectivity index (χ1v) is 8.13. The SMILES string of the molecule is CC(C)(N)CNC(=O)c1cccc(OCc2cn3ccccc3n2)c1.Cl.Cl. The highest BCUT2D eigenvalue weighted by molar-refractivity contribution is 5.94. The molecule has 3 aromatic rings. The van der Waals surface area contributed by atoms with E-state index in [0.717, 1.165) is 11.3 Å². The topological polar surface area (TPSA) is 81.6 Å². The zero-order chi connectivity index (χ0) is 17.9. The number of amides is 1. The number of fused-ring (bicyclic) bond motifs is 1. The van der Waals surface area contributed by atoms with E-state index in [-0.39, 0.29) is 30.7 Å². The van der Waals surface area contributed by atoms with Crippen molar-refractivity contribution >= 4 is 36.4 Å². The Labute approximate surface area is 170 Å². The van der Waals surface area contributed by atoms with Crippen LogP contribution in [0.5, 0.6) is 5.75 Å². The van der Waals surface area contributed by atoms with E-state index in [1.54, 1.807) is 18.2 Å². The number of halogens is 2. The molecule has 1 amide bonds. The van der Waals surface area contributed by atoms with E-state index in [2.05, 4.69) is 10.3 Å². The van der Waals surface area contributed by atoms with Crippen LogP contribution in [0.25, 0.3) is 5.65 Å². The van der Waals surface area contributed by atoms with Gasteiger partial charge >= 0.3 is 0 Å². The van der Waals surface area contributed by atoms with Gasteiger partial charge in [-0.15, -0.1) is 24.8 Å². The number of hydrogen-bond donors (Lipinski definition) is 2. The van der Waals surface area contributed by atoms with Crippen LogP contribution >= 0.6 is 24.8 Å². The highest BCUT2D eigenvalue weighted by atomic mass is 35.5. The lowest BCUT2D eigenvalue weighted by Gasteiger charge is -2.19. The summed E-state index contributed by atoms with van der Waals surface area (Å²) in [6.07, 6.45) is 3.87. The molecule has 3 rings (SSSR count).